The first-order chi connectivity index (χ1) is 7.10. The van der Waals surface area contributed by atoms with Crippen LogP contribution in [0.1, 0.15) is 19.8 Å². The van der Waals surface area contributed by atoms with Crippen LogP contribution in [0.4, 0.5) is 0 Å². The SMILES string of the molecule is CCCN(CCCN(C)C)CC(=O)OC. The average molecular weight is 216 g/mol. The summed E-state index contributed by atoms with van der Waals surface area (Å²) in [5.41, 5.74) is 0. The van der Waals surface area contributed by atoms with E-state index < -0.39 is 0 Å². The molecule has 0 aliphatic carbocycles. The van der Waals surface area contributed by atoms with Gasteiger partial charge in [-0.2, -0.15) is 0 Å². The Kier molecular flexibility index (Phi) is 8.33. The Balaban J connectivity index is 3.77. The Hall–Kier alpha value is -0.610. The largest absolute Gasteiger partial charge is 0.468 e. The number of hydrogen-bond acceptors (Lipinski definition) is 4. The molecule has 90 valence electrons. The first-order valence-corrected chi connectivity index (χ1v) is 5.54. The first-order valence-electron chi connectivity index (χ1n) is 5.54. The zero-order valence-electron chi connectivity index (χ0n) is 10.5. The molecule has 0 fully saturated rings. The fourth-order valence-corrected chi connectivity index (χ4v) is 1.44. The molecule has 0 saturated carbocycles. The lowest BCUT2D eigenvalue weighted by atomic mass is 10.3. The van der Waals surface area contributed by atoms with Gasteiger partial charge in [-0.25, -0.2) is 0 Å². The summed E-state index contributed by atoms with van der Waals surface area (Å²) in [5.74, 6) is -0.145. The maximum Gasteiger partial charge on any atom is 0.319 e. The predicted octanol–water partition coefficient (Wildman–Crippen LogP) is 0.823. The lowest BCUT2D eigenvalue weighted by molar-refractivity contribution is -0.141. The van der Waals surface area contributed by atoms with E-state index >= 15 is 0 Å². The highest BCUT2D eigenvalue weighted by atomic mass is 16.5. The minimum absolute atomic E-state index is 0.145. The monoisotopic (exact) mass is 216 g/mol. The average Bonchev–Trinajstić information content (AvgIpc) is 2.17. The van der Waals surface area contributed by atoms with Gasteiger partial charge >= 0.3 is 5.97 Å². The molecule has 0 saturated heterocycles. The number of ether oxygens (including phenoxy) is 1. The number of esters is 1. The lowest BCUT2D eigenvalue weighted by Gasteiger charge is -2.21. The van der Waals surface area contributed by atoms with Gasteiger partial charge in [0.15, 0.2) is 0 Å². The van der Waals surface area contributed by atoms with Gasteiger partial charge in [0.25, 0.3) is 0 Å². The van der Waals surface area contributed by atoms with Crippen molar-refractivity contribution in [1.82, 2.24) is 9.80 Å². The summed E-state index contributed by atoms with van der Waals surface area (Å²) >= 11 is 0. The molecular weight excluding hydrogens is 192 g/mol. The molecule has 0 rings (SSSR count). The van der Waals surface area contributed by atoms with Crippen LogP contribution in [0.5, 0.6) is 0 Å². The van der Waals surface area contributed by atoms with Crippen molar-refractivity contribution in [2.75, 3.05) is 47.4 Å². The molecule has 4 nitrogen and oxygen atoms in total. The Labute approximate surface area is 93.2 Å². The fourth-order valence-electron chi connectivity index (χ4n) is 1.44. The molecule has 0 amide bonds. The minimum Gasteiger partial charge on any atom is -0.468 e. The normalized spacial score (nSPS) is 11.1. The Morgan fingerprint density at radius 3 is 2.33 bits per heavy atom. The van der Waals surface area contributed by atoms with Crippen molar-refractivity contribution in [3.8, 4) is 0 Å². The van der Waals surface area contributed by atoms with Crippen molar-refractivity contribution in [1.29, 1.82) is 0 Å². The molecule has 0 spiro atoms. The lowest BCUT2D eigenvalue weighted by Crippen LogP contribution is -2.33. The van der Waals surface area contributed by atoms with E-state index in [1.165, 1.54) is 7.11 Å². The van der Waals surface area contributed by atoms with Crippen molar-refractivity contribution in [2.45, 2.75) is 19.8 Å². The van der Waals surface area contributed by atoms with Crippen molar-refractivity contribution >= 4 is 5.97 Å². The van der Waals surface area contributed by atoms with Crippen LogP contribution in [0, 0.1) is 0 Å². The summed E-state index contributed by atoms with van der Waals surface area (Å²) in [5, 5.41) is 0. The molecule has 0 aromatic carbocycles. The van der Waals surface area contributed by atoms with Gasteiger partial charge in [0.05, 0.1) is 13.7 Å². The third-order valence-corrected chi connectivity index (χ3v) is 2.20. The number of hydrogen-bond donors (Lipinski definition) is 0. The summed E-state index contributed by atoms with van der Waals surface area (Å²) in [4.78, 5) is 15.4. The van der Waals surface area contributed by atoms with Gasteiger partial charge in [0.1, 0.15) is 0 Å². The maximum atomic E-state index is 11.1. The molecule has 0 N–H and O–H groups in total. The van der Waals surface area contributed by atoms with Crippen LogP contribution in [0.3, 0.4) is 0 Å². The summed E-state index contributed by atoms with van der Waals surface area (Å²) in [7, 11) is 5.56. The van der Waals surface area contributed by atoms with Crippen LogP contribution in [0.2, 0.25) is 0 Å². The van der Waals surface area contributed by atoms with Crippen LogP contribution >= 0.6 is 0 Å². The third-order valence-electron chi connectivity index (χ3n) is 2.20. The molecule has 0 radical (unpaired) electrons. The molecule has 0 aliphatic heterocycles. The van der Waals surface area contributed by atoms with E-state index in [1.54, 1.807) is 0 Å². The van der Waals surface area contributed by atoms with E-state index in [-0.39, 0.29) is 5.97 Å². The Bertz CT molecular complexity index is 172. The van der Waals surface area contributed by atoms with Crippen molar-refractivity contribution < 1.29 is 9.53 Å². The molecule has 0 heterocycles. The van der Waals surface area contributed by atoms with Crippen LogP contribution in [-0.2, 0) is 9.53 Å². The second-order valence-electron chi connectivity index (χ2n) is 4.01. The number of rotatable bonds is 8. The predicted molar refractivity (Wildman–Crippen MR) is 61.9 cm³/mol. The standard InChI is InChI=1S/C11H24N2O2/c1-5-7-13(10-11(14)15-4)9-6-8-12(2)3/h5-10H2,1-4H3. The summed E-state index contributed by atoms with van der Waals surface area (Å²) in [6, 6.07) is 0. The van der Waals surface area contributed by atoms with Gasteiger partial charge < -0.3 is 9.64 Å². The molecule has 0 unspecified atom stereocenters. The van der Waals surface area contributed by atoms with E-state index in [0.29, 0.717) is 6.54 Å². The van der Waals surface area contributed by atoms with Gasteiger partial charge in [-0.3, -0.25) is 9.69 Å². The minimum atomic E-state index is -0.145. The van der Waals surface area contributed by atoms with Gasteiger partial charge in [-0.1, -0.05) is 6.92 Å². The van der Waals surface area contributed by atoms with E-state index in [2.05, 4.69) is 35.6 Å². The Morgan fingerprint density at radius 2 is 1.87 bits per heavy atom. The number of carbonyl (C=O) groups excluding carboxylic acids is 1. The van der Waals surface area contributed by atoms with Crippen molar-refractivity contribution in [2.24, 2.45) is 0 Å². The molecule has 0 aromatic heterocycles. The van der Waals surface area contributed by atoms with Gasteiger partial charge in [-0.15, -0.1) is 0 Å². The fraction of sp³-hybridized carbons (Fsp3) is 0.909. The second-order valence-corrected chi connectivity index (χ2v) is 4.01. The first kappa shape index (κ1) is 14.4. The smallest absolute Gasteiger partial charge is 0.319 e. The van der Waals surface area contributed by atoms with E-state index in [9.17, 15) is 4.79 Å². The summed E-state index contributed by atoms with van der Waals surface area (Å²) in [6.07, 6.45) is 2.16. The number of nitrogens with zero attached hydrogens (tertiary/aromatic N) is 2. The van der Waals surface area contributed by atoms with Gasteiger partial charge in [0.2, 0.25) is 0 Å². The molecular formula is C11H24N2O2. The van der Waals surface area contributed by atoms with Crippen LogP contribution in [0.15, 0.2) is 0 Å². The molecule has 0 atom stereocenters. The highest BCUT2D eigenvalue weighted by Crippen LogP contribution is 1.96. The zero-order valence-corrected chi connectivity index (χ0v) is 10.5. The molecule has 0 bridgehead atoms. The van der Waals surface area contributed by atoms with E-state index in [0.717, 1.165) is 32.5 Å². The Morgan fingerprint density at radius 1 is 1.20 bits per heavy atom. The van der Waals surface area contributed by atoms with E-state index in [4.69, 9.17) is 0 Å². The van der Waals surface area contributed by atoms with Gasteiger partial charge in [0, 0.05) is 0 Å². The number of methoxy groups -OCH3 is 1. The van der Waals surface area contributed by atoms with E-state index in [1.807, 2.05) is 0 Å². The molecule has 15 heavy (non-hydrogen) atoms. The molecule has 4 heteroatoms. The molecule has 0 aliphatic rings. The van der Waals surface area contributed by atoms with Gasteiger partial charge in [-0.05, 0) is 46.6 Å². The highest BCUT2D eigenvalue weighted by molar-refractivity contribution is 5.71. The van der Waals surface area contributed by atoms with Crippen LogP contribution in [-0.4, -0.2) is 63.2 Å². The topological polar surface area (TPSA) is 32.8 Å². The molecule has 0 aromatic rings. The quantitative estimate of drug-likeness (QED) is 0.562. The highest BCUT2D eigenvalue weighted by Gasteiger charge is 2.09. The van der Waals surface area contributed by atoms with Crippen LogP contribution in [0.25, 0.3) is 0 Å². The number of carbonyl (C=O) groups is 1. The maximum absolute atomic E-state index is 11.1. The zero-order chi connectivity index (χ0) is 11.7. The second kappa shape index (κ2) is 8.68. The van der Waals surface area contributed by atoms with Crippen molar-refractivity contribution in [3.05, 3.63) is 0 Å². The summed E-state index contributed by atoms with van der Waals surface area (Å²) < 4.78 is 4.66. The van der Waals surface area contributed by atoms with Crippen molar-refractivity contribution in [3.63, 3.8) is 0 Å². The summed E-state index contributed by atoms with van der Waals surface area (Å²) in [6.45, 7) is 5.51. The third kappa shape index (κ3) is 8.39. The van der Waals surface area contributed by atoms with Crippen LogP contribution < -0.4 is 0 Å².